The van der Waals surface area contributed by atoms with E-state index in [2.05, 4.69) is 21.8 Å². The van der Waals surface area contributed by atoms with E-state index >= 15 is 0 Å². The average molecular weight is 276 g/mol. The molecule has 6 nitrogen and oxygen atoms in total. The van der Waals surface area contributed by atoms with E-state index in [4.69, 9.17) is 4.74 Å². The van der Waals surface area contributed by atoms with Crippen LogP contribution in [0.1, 0.15) is 12.6 Å². The highest BCUT2D eigenvalue weighted by atomic mass is 16.5. The molecule has 0 unspecified atom stereocenters. The lowest BCUT2D eigenvalue weighted by atomic mass is 9.98. The summed E-state index contributed by atoms with van der Waals surface area (Å²) in [6.45, 7) is 6.37. The largest absolute Gasteiger partial charge is 0.378 e. The summed E-state index contributed by atoms with van der Waals surface area (Å²) in [7, 11) is 0. The zero-order valence-corrected chi connectivity index (χ0v) is 11.8. The Kier molecular flexibility index (Phi) is 3.82. The third-order valence-electron chi connectivity index (χ3n) is 3.95. The lowest BCUT2D eigenvalue weighted by Crippen LogP contribution is -2.56. The fourth-order valence-corrected chi connectivity index (χ4v) is 2.62. The Bertz CT molecular complexity index is 482. The summed E-state index contributed by atoms with van der Waals surface area (Å²) in [5.41, 5.74) is 1.04. The van der Waals surface area contributed by atoms with Gasteiger partial charge in [-0.1, -0.05) is 6.92 Å². The van der Waals surface area contributed by atoms with Crippen molar-refractivity contribution in [1.29, 1.82) is 0 Å². The van der Waals surface area contributed by atoms with Crippen molar-refractivity contribution in [1.82, 2.24) is 14.9 Å². The first-order chi connectivity index (χ1) is 9.78. The van der Waals surface area contributed by atoms with Gasteiger partial charge in [0.25, 0.3) is 0 Å². The fourth-order valence-electron chi connectivity index (χ4n) is 2.62. The summed E-state index contributed by atoms with van der Waals surface area (Å²) in [4.78, 5) is 24.8. The molecule has 0 spiro atoms. The van der Waals surface area contributed by atoms with Gasteiger partial charge < -0.3 is 14.5 Å². The molecule has 0 radical (unpaired) electrons. The molecule has 1 aromatic rings. The molecule has 2 saturated heterocycles. The first-order valence-corrected chi connectivity index (χ1v) is 7.20. The molecule has 1 amide bonds. The second kappa shape index (κ2) is 5.75. The van der Waals surface area contributed by atoms with Gasteiger partial charge in [0.15, 0.2) is 0 Å². The number of morpholine rings is 1. The topological polar surface area (TPSA) is 58.6 Å². The van der Waals surface area contributed by atoms with Crippen LogP contribution in [0.3, 0.4) is 0 Å². The van der Waals surface area contributed by atoms with Crippen molar-refractivity contribution >= 4 is 11.7 Å². The molecule has 0 N–H and O–H groups in total. The summed E-state index contributed by atoms with van der Waals surface area (Å²) in [6, 6.07) is 2.01. The summed E-state index contributed by atoms with van der Waals surface area (Å²) in [5.74, 6) is 1.30. The van der Waals surface area contributed by atoms with E-state index in [0.29, 0.717) is 13.2 Å². The van der Waals surface area contributed by atoms with Crippen molar-refractivity contribution in [2.24, 2.45) is 5.92 Å². The maximum absolute atomic E-state index is 12.3. The van der Waals surface area contributed by atoms with Crippen LogP contribution in [0.15, 0.2) is 12.4 Å². The quantitative estimate of drug-likeness (QED) is 0.796. The molecule has 2 aliphatic rings. The van der Waals surface area contributed by atoms with Crippen molar-refractivity contribution in [3.8, 4) is 0 Å². The SMILES string of the molecule is CCc1cc(N2CC(C(=O)N3CCOCC3)C2)ncn1. The van der Waals surface area contributed by atoms with Crippen LogP contribution in [-0.2, 0) is 16.0 Å². The molecule has 2 fully saturated rings. The lowest BCUT2D eigenvalue weighted by Gasteiger charge is -2.42. The summed E-state index contributed by atoms with van der Waals surface area (Å²) < 4.78 is 5.28. The van der Waals surface area contributed by atoms with Crippen LogP contribution in [0, 0.1) is 5.92 Å². The Morgan fingerprint density at radius 1 is 1.35 bits per heavy atom. The number of amides is 1. The molecule has 0 aromatic carbocycles. The summed E-state index contributed by atoms with van der Waals surface area (Å²) >= 11 is 0. The molecule has 1 aromatic heterocycles. The van der Waals surface area contributed by atoms with Crippen molar-refractivity contribution in [2.45, 2.75) is 13.3 Å². The first kappa shape index (κ1) is 13.3. The van der Waals surface area contributed by atoms with Crippen molar-refractivity contribution in [3.63, 3.8) is 0 Å². The molecule has 6 heteroatoms. The lowest BCUT2D eigenvalue weighted by molar-refractivity contribution is -0.140. The van der Waals surface area contributed by atoms with E-state index < -0.39 is 0 Å². The number of rotatable bonds is 3. The maximum atomic E-state index is 12.3. The predicted molar refractivity (Wildman–Crippen MR) is 74.5 cm³/mol. The Labute approximate surface area is 118 Å². The van der Waals surface area contributed by atoms with Gasteiger partial charge in [-0.15, -0.1) is 0 Å². The predicted octanol–water partition coefficient (Wildman–Crippen LogP) is 0.334. The zero-order valence-electron chi connectivity index (χ0n) is 11.8. The molecule has 108 valence electrons. The van der Waals surface area contributed by atoms with E-state index in [-0.39, 0.29) is 11.8 Å². The van der Waals surface area contributed by atoms with E-state index in [1.807, 2.05) is 11.0 Å². The molecule has 3 rings (SSSR count). The Morgan fingerprint density at radius 3 is 2.80 bits per heavy atom. The number of aromatic nitrogens is 2. The molecule has 0 atom stereocenters. The van der Waals surface area contributed by atoms with Crippen LogP contribution in [-0.4, -0.2) is 60.2 Å². The molecule has 0 saturated carbocycles. The first-order valence-electron chi connectivity index (χ1n) is 7.20. The van der Waals surface area contributed by atoms with E-state index in [0.717, 1.165) is 44.1 Å². The molecule has 3 heterocycles. The Hall–Kier alpha value is -1.69. The monoisotopic (exact) mass is 276 g/mol. The van der Waals surface area contributed by atoms with Crippen LogP contribution in [0.2, 0.25) is 0 Å². The third kappa shape index (κ3) is 2.60. The molecule has 0 aliphatic carbocycles. The second-order valence-corrected chi connectivity index (χ2v) is 5.26. The van der Waals surface area contributed by atoms with Crippen LogP contribution in [0.5, 0.6) is 0 Å². The number of hydrogen-bond acceptors (Lipinski definition) is 5. The molecule has 20 heavy (non-hydrogen) atoms. The molecular weight excluding hydrogens is 256 g/mol. The molecule has 0 bridgehead atoms. The highest BCUT2D eigenvalue weighted by Gasteiger charge is 2.36. The minimum atomic E-state index is 0.105. The summed E-state index contributed by atoms with van der Waals surface area (Å²) in [6.07, 6.45) is 2.50. The van der Waals surface area contributed by atoms with Crippen molar-refractivity contribution < 1.29 is 9.53 Å². The third-order valence-corrected chi connectivity index (χ3v) is 3.95. The number of hydrogen-bond donors (Lipinski definition) is 0. The van der Waals surface area contributed by atoms with Gasteiger partial charge >= 0.3 is 0 Å². The summed E-state index contributed by atoms with van der Waals surface area (Å²) in [5, 5.41) is 0. The average Bonchev–Trinajstić information content (AvgIpc) is 2.47. The number of carbonyl (C=O) groups is 1. The van der Waals surface area contributed by atoms with Crippen molar-refractivity contribution in [2.75, 3.05) is 44.3 Å². The highest BCUT2D eigenvalue weighted by Crippen LogP contribution is 2.24. The number of aryl methyl sites for hydroxylation is 1. The van der Waals surface area contributed by atoms with Gasteiger partial charge in [-0.05, 0) is 6.42 Å². The van der Waals surface area contributed by atoms with Crippen LogP contribution in [0.4, 0.5) is 5.82 Å². The normalized spacial score (nSPS) is 19.9. The zero-order chi connectivity index (χ0) is 13.9. The molecule has 2 aliphatic heterocycles. The fraction of sp³-hybridized carbons (Fsp3) is 0.643. The van der Waals surface area contributed by atoms with Gasteiger partial charge in [-0.2, -0.15) is 0 Å². The smallest absolute Gasteiger partial charge is 0.229 e. The standard InChI is InChI=1S/C14H20N4O2/c1-2-12-7-13(16-10-15-12)18-8-11(9-18)14(19)17-3-5-20-6-4-17/h7,10-11H,2-6,8-9H2,1H3. The second-order valence-electron chi connectivity index (χ2n) is 5.26. The van der Waals surface area contributed by atoms with Crippen LogP contribution >= 0.6 is 0 Å². The number of nitrogens with zero attached hydrogens (tertiary/aromatic N) is 4. The number of anilines is 1. The van der Waals surface area contributed by atoms with Gasteiger partial charge in [0.2, 0.25) is 5.91 Å². The van der Waals surface area contributed by atoms with Crippen LogP contribution in [0.25, 0.3) is 0 Å². The van der Waals surface area contributed by atoms with Gasteiger partial charge in [-0.3, -0.25) is 4.79 Å². The van der Waals surface area contributed by atoms with Crippen molar-refractivity contribution in [3.05, 3.63) is 18.1 Å². The molecular formula is C14H20N4O2. The minimum Gasteiger partial charge on any atom is -0.378 e. The maximum Gasteiger partial charge on any atom is 0.229 e. The van der Waals surface area contributed by atoms with Gasteiger partial charge in [0.1, 0.15) is 12.1 Å². The minimum absolute atomic E-state index is 0.105. The van der Waals surface area contributed by atoms with Gasteiger partial charge in [0.05, 0.1) is 19.1 Å². The van der Waals surface area contributed by atoms with E-state index in [1.165, 1.54) is 0 Å². The van der Waals surface area contributed by atoms with E-state index in [9.17, 15) is 4.79 Å². The highest BCUT2D eigenvalue weighted by molar-refractivity contribution is 5.82. The number of carbonyl (C=O) groups excluding carboxylic acids is 1. The van der Waals surface area contributed by atoms with Gasteiger partial charge in [-0.25, -0.2) is 9.97 Å². The van der Waals surface area contributed by atoms with Crippen LogP contribution < -0.4 is 4.90 Å². The Balaban J connectivity index is 1.56. The van der Waals surface area contributed by atoms with E-state index in [1.54, 1.807) is 6.33 Å². The van der Waals surface area contributed by atoms with Gasteiger partial charge in [0, 0.05) is 37.9 Å². The number of ether oxygens (including phenoxy) is 1. The Morgan fingerprint density at radius 2 is 2.10 bits per heavy atom.